The fourth-order valence-corrected chi connectivity index (χ4v) is 7.87. The van der Waals surface area contributed by atoms with E-state index in [0.29, 0.717) is 48.8 Å². The van der Waals surface area contributed by atoms with E-state index >= 15 is 0 Å². The van der Waals surface area contributed by atoms with Crippen LogP contribution in [0, 0.1) is 18.3 Å². The van der Waals surface area contributed by atoms with E-state index in [1.807, 2.05) is 30.4 Å². The van der Waals surface area contributed by atoms with Crippen molar-refractivity contribution in [2.75, 3.05) is 20.2 Å². The maximum atomic E-state index is 14.3. The number of imidazole rings is 1. The van der Waals surface area contributed by atoms with Crippen LogP contribution in [-0.2, 0) is 11.3 Å². The number of hydrogen-bond donors (Lipinski definition) is 2. The number of nitrogens with two attached hydrogens (primary N) is 1. The third-order valence-corrected chi connectivity index (χ3v) is 10.5. The molecule has 9 rings (SSSR count). The van der Waals surface area contributed by atoms with Crippen molar-refractivity contribution >= 4 is 28.5 Å². The van der Waals surface area contributed by atoms with Gasteiger partial charge in [-0.3, -0.25) is 14.0 Å². The summed E-state index contributed by atoms with van der Waals surface area (Å²) in [5.74, 6) is 0.600. The highest BCUT2D eigenvalue weighted by atomic mass is 19.1. The Kier molecular flexibility index (Phi) is 6.52. The summed E-state index contributed by atoms with van der Waals surface area (Å²) in [6.07, 6.45) is 2.35. The summed E-state index contributed by atoms with van der Waals surface area (Å²) in [7, 11) is 1.55. The number of pyridine rings is 2. The molecule has 4 aromatic rings. The maximum Gasteiger partial charge on any atom is 0.254 e. The lowest BCUT2D eigenvalue weighted by Crippen LogP contribution is -2.70. The van der Waals surface area contributed by atoms with Crippen molar-refractivity contribution in [2.45, 2.75) is 82.8 Å². The average molecular weight is 632 g/mol. The van der Waals surface area contributed by atoms with E-state index in [2.05, 4.69) is 16.0 Å². The molecule has 0 aromatic carbocycles. The van der Waals surface area contributed by atoms with Gasteiger partial charge in [-0.15, -0.1) is 0 Å². The number of hydrogen-bond acceptors (Lipinski definition) is 6. The molecule has 1 saturated heterocycles. The van der Waals surface area contributed by atoms with Crippen LogP contribution in [0.1, 0.15) is 73.2 Å². The Morgan fingerprint density at radius 3 is 2.59 bits per heavy atom. The van der Waals surface area contributed by atoms with Crippen molar-refractivity contribution in [3.63, 3.8) is 0 Å². The van der Waals surface area contributed by atoms with Crippen LogP contribution in [0.5, 0.6) is 5.88 Å². The molecule has 12 heteroatoms. The Morgan fingerprint density at radius 2 is 1.91 bits per heavy atom. The second-order valence-electron chi connectivity index (χ2n) is 14.2. The van der Waals surface area contributed by atoms with Gasteiger partial charge in [0.1, 0.15) is 28.8 Å². The second-order valence-corrected chi connectivity index (χ2v) is 14.2. The number of carbonyl (C=O) groups is 2. The lowest BCUT2D eigenvalue weighted by molar-refractivity contribution is -0.214. The number of methoxy groups -OCH3 is 1. The number of fused-ring (bicyclic) bond motifs is 2. The minimum Gasteiger partial charge on any atom is -0.482 e. The van der Waals surface area contributed by atoms with Gasteiger partial charge in [0.15, 0.2) is 5.88 Å². The average Bonchev–Trinajstić information content (AvgIpc) is 3.66. The predicted molar refractivity (Wildman–Crippen MR) is 168 cm³/mol. The fourth-order valence-electron chi connectivity index (χ4n) is 7.87. The van der Waals surface area contributed by atoms with Gasteiger partial charge in [0, 0.05) is 36.1 Å². The van der Waals surface area contributed by atoms with Crippen LogP contribution in [-0.4, -0.2) is 73.7 Å². The molecule has 3 atom stereocenters. The van der Waals surface area contributed by atoms with Crippen molar-refractivity contribution < 1.29 is 23.1 Å². The van der Waals surface area contributed by atoms with Gasteiger partial charge in [0.05, 0.1) is 42.2 Å². The van der Waals surface area contributed by atoms with Gasteiger partial charge in [0.2, 0.25) is 5.91 Å². The number of aryl methyl sites for hydroxylation is 1. The Balaban J connectivity index is 1.15. The molecule has 0 unspecified atom stereocenters. The standard InChI is InChI=1S/C34H39F2N7O3/c1-18(38-32(45)33-15-34(36,16-33)17-33)25-7-6-21-8-26(42(30(21)39-25)12-20-4-5-20)29-19(2)43-27(40-29)9-22(10-28(43)46-3)31(44)41-13-23(35)11-24(37)14-41/h6-10,18,20,23-24H,4-5,11-17,37H2,1-3H3,(H,38,45)/t18-,23-,24-,33?,34?/m1/s1. The molecule has 4 aromatic heterocycles. The third-order valence-electron chi connectivity index (χ3n) is 10.5. The molecule has 0 radical (unpaired) electrons. The number of amides is 2. The van der Waals surface area contributed by atoms with Crippen LogP contribution >= 0.6 is 0 Å². The van der Waals surface area contributed by atoms with Crippen LogP contribution in [0.3, 0.4) is 0 Å². The SMILES string of the molecule is COc1cc(C(=O)N2C[C@H](N)C[C@@H](F)C2)cc2nc(-c3cc4ccc([C@@H](C)NC(=O)C56CC(F)(C5)C6)nc4n3CC3CC3)c(C)n12. The van der Waals surface area contributed by atoms with E-state index in [4.69, 9.17) is 20.4 Å². The number of piperidine rings is 1. The topological polar surface area (TPSA) is 120 Å². The zero-order valence-electron chi connectivity index (χ0n) is 26.4. The summed E-state index contributed by atoms with van der Waals surface area (Å²) in [5, 5.41) is 4.04. The van der Waals surface area contributed by atoms with E-state index < -0.39 is 23.3 Å². The van der Waals surface area contributed by atoms with Gasteiger partial charge in [-0.05, 0) is 82.6 Å². The minimum atomic E-state index is -1.16. The largest absolute Gasteiger partial charge is 0.482 e. The van der Waals surface area contributed by atoms with E-state index in [1.165, 1.54) is 4.90 Å². The van der Waals surface area contributed by atoms with Crippen molar-refractivity contribution in [3.05, 3.63) is 47.3 Å². The fraction of sp³-hybridized carbons (Fsp3) is 0.529. The number of nitrogens with one attached hydrogen (secondary N) is 1. The van der Waals surface area contributed by atoms with Gasteiger partial charge in [-0.1, -0.05) is 0 Å². The molecular formula is C34H39F2N7O3. The van der Waals surface area contributed by atoms with E-state index in [9.17, 15) is 18.4 Å². The Hall–Kier alpha value is -4.06. The summed E-state index contributed by atoms with van der Waals surface area (Å²) in [6, 6.07) is 8.71. The van der Waals surface area contributed by atoms with E-state index in [-0.39, 0.29) is 30.8 Å². The summed E-state index contributed by atoms with van der Waals surface area (Å²) in [4.78, 5) is 38.0. The summed E-state index contributed by atoms with van der Waals surface area (Å²) < 4.78 is 38.2. The predicted octanol–water partition coefficient (Wildman–Crippen LogP) is 4.66. The molecule has 5 aliphatic rings. The molecule has 3 N–H and O–H groups in total. The highest BCUT2D eigenvalue weighted by molar-refractivity contribution is 5.96. The lowest BCUT2D eigenvalue weighted by atomic mass is 9.42. The molecule has 46 heavy (non-hydrogen) atoms. The number of ether oxygens (including phenoxy) is 1. The Bertz CT molecular complexity index is 1880. The zero-order chi connectivity index (χ0) is 32.1. The van der Waals surface area contributed by atoms with Crippen molar-refractivity contribution in [1.82, 2.24) is 29.2 Å². The first-order chi connectivity index (χ1) is 22.0. The number of alkyl halides is 2. The molecular weight excluding hydrogens is 592 g/mol. The van der Waals surface area contributed by atoms with E-state index in [0.717, 1.165) is 53.2 Å². The van der Waals surface area contributed by atoms with Crippen LogP contribution in [0.15, 0.2) is 30.3 Å². The highest BCUT2D eigenvalue weighted by Gasteiger charge is 2.72. The number of rotatable bonds is 8. The van der Waals surface area contributed by atoms with Crippen molar-refractivity contribution in [2.24, 2.45) is 17.1 Å². The number of aromatic nitrogens is 4. The molecule has 4 aliphatic carbocycles. The smallest absolute Gasteiger partial charge is 0.254 e. The zero-order valence-corrected chi connectivity index (χ0v) is 26.4. The second kappa shape index (κ2) is 10.2. The van der Waals surface area contributed by atoms with E-state index in [1.54, 1.807) is 19.2 Å². The highest BCUT2D eigenvalue weighted by Crippen LogP contribution is 2.69. The lowest BCUT2D eigenvalue weighted by Gasteiger charge is -2.64. The van der Waals surface area contributed by atoms with Gasteiger partial charge in [0.25, 0.3) is 5.91 Å². The van der Waals surface area contributed by atoms with Crippen molar-refractivity contribution in [3.8, 4) is 17.3 Å². The molecule has 0 spiro atoms. The van der Waals surface area contributed by atoms with Crippen LogP contribution in [0.2, 0.25) is 0 Å². The van der Waals surface area contributed by atoms with Gasteiger partial charge < -0.3 is 25.3 Å². The number of likely N-dealkylation sites (tertiary alicyclic amines) is 1. The van der Waals surface area contributed by atoms with Crippen LogP contribution in [0.4, 0.5) is 8.78 Å². The Morgan fingerprint density at radius 1 is 1.15 bits per heavy atom. The molecule has 5 fully saturated rings. The quantitative estimate of drug-likeness (QED) is 0.292. The normalized spacial score (nSPS) is 27.7. The molecule has 10 nitrogen and oxygen atoms in total. The number of halogens is 2. The minimum absolute atomic E-state index is 0.0104. The molecule has 242 valence electrons. The third kappa shape index (κ3) is 4.66. The Labute approximate surface area is 265 Å². The van der Waals surface area contributed by atoms with Crippen molar-refractivity contribution in [1.29, 1.82) is 0 Å². The van der Waals surface area contributed by atoms with Crippen LogP contribution < -0.4 is 15.8 Å². The summed E-state index contributed by atoms with van der Waals surface area (Å²) >= 11 is 0. The van der Waals surface area contributed by atoms with Gasteiger partial charge >= 0.3 is 0 Å². The summed E-state index contributed by atoms with van der Waals surface area (Å²) in [6.45, 7) is 4.98. The molecule has 2 amide bonds. The first kappa shape index (κ1) is 29.3. The van der Waals surface area contributed by atoms with Gasteiger partial charge in [-0.2, -0.15) is 0 Å². The molecule has 5 heterocycles. The van der Waals surface area contributed by atoms with Crippen LogP contribution in [0.25, 0.3) is 28.1 Å². The molecule has 4 saturated carbocycles. The number of nitrogens with zero attached hydrogens (tertiary/aromatic N) is 5. The monoisotopic (exact) mass is 631 g/mol. The first-order valence-corrected chi connectivity index (χ1v) is 16.2. The number of carbonyl (C=O) groups excluding carboxylic acids is 2. The maximum absolute atomic E-state index is 14.3. The van der Waals surface area contributed by atoms with Gasteiger partial charge in [-0.25, -0.2) is 18.7 Å². The first-order valence-electron chi connectivity index (χ1n) is 16.2. The molecule has 2 bridgehead atoms. The summed E-state index contributed by atoms with van der Waals surface area (Å²) in [5.41, 5.74) is 9.31. The molecule has 1 aliphatic heterocycles.